The number of hydrogen-bond donors (Lipinski definition) is 3. The summed E-state index contributed by atoms with van der Waals surface area (Å²) in [5, 5.41) is 10.1. The first kappa shape index (κ1) is 31.0. The molecule has 1 aliphatic heterocycles. The second-order valence-electron chi connectivity index (χ2n) is 10.4. The summed E-state index contributed by atoms with van der Waals surface area (Å²) in [6.07, 6.45) is 7.96. The highest BCUT2D eigenvalue weighted by atomic mass is 19.2. The average Bonchev–Trinajstić information content (AvgIpc) is 3.49. The predicted molar refractivity (Wildman–Crippen MR) is 163 cm³/mol. The number of aryl methyl sites for hydroxylation is 1. The van der Waals surface area contributed by atoms with E-state index in [0.29, 0.717) is 54.0 Å². The second-order valence-corrected chi connectivity index (χ2v) is 10.4. The molecule has 0 aliphatic carbocycles. The Balaban J connectivity index is 0.00000128. The lowest BCUT2D eigenvalue weighted by Gasteiger charge is -2.31. The molecule has 0 bridgehead atoms. The van der Waals surface area contributed by atoms with Crippen LogP contribution in [-0.4, -0.2) is 61.4 Å². The number of nitrogens with one attached hydrogen (secondary N) is 1. The number of imidazole rings is 1. The quantitative estimate of drug-likeness (QED) is 0.204. The van der Waals surface area contributed by atoms with Crippen molar-refractivity contribution >= 4 is 29.5 Å². The normalized spacial score (nSPS) is 13.2. The highest BCUT2D eigenvalue weighted by Gasteiger charge is 2.24. The van der Waals surface area contributed by atoms with Crippen LogP contribution < -0.4 is 15.8 Å². The minimum atomic E-state index is -1.13. The summed E-state index contributed by atoms with van der Waals surface area (Å²) in [6.45, 7) is 3.71. The van der Waals surface area contributed by atoms with Crippen molar-refractivity contribution in [2.24, 2.45) is 11.7 Å². The fraction of sp³-hybridized carbons (Fsp3) is 0.219. The van der Waals surface area contributed by atoms with Crippen molar-refractivity contribution in [3.8, 4) is 22.9 Å². The van der Waals surface area contributed by atoms with Gasteiger partial charge in [0, 0.05) is 54.6 Å². The predicted octanol–water partition coefficient (Wildman–Crippen LogP) is 5.43. The van der Waals surface area contributed by atoms with E-state index in [2.05, 4.69) is 20.3 Å². The van der Waals surface area contributed by atoms with Crippen LogP contribution in [0.3, 0.4) is 0 Å². The number of nitrogens with two attached hydrogens (primary N) is 1. The molecule has 11 nitrogen and oxygen atoms in total. The van der Waals surface area contributed by atoms with Gasteiger partial charge in [-0.3, -0.25) is 14.0 Å². The molecule has 0 unspecified atom stereocenters. The Kier molecular flexibility index (Phi) is 9.58. The molecule has 3 aromatic heterocycles. The maximum Gasteiger partial charge on any atom is 0.290 e. The third-order valence-electron chi connectivity index (χ3n) is 7.56. The molecule has 1 aliphatic rings. The van der Waals surface area contributed by atoms with E-state index in [-0.39, 0.29) is 29.6 Å². The van der Waals surface area contributed by atoms with Crippen LogP contribution in [0.15, 0.2) is 73.3 Å². The summed E-state index contributed by atoms with van der Waals surface area (Å²) < 4.78 is 37.3. The lowest BCUT2D eigenvalue weighted by Crippen LogP contribution is -2.40. The fourth-order valence-corrected chi connectivity index (χ4v) is 5.20. The Hall–Kier alpha value is -5.43. The lowest BCUT2D eigenvalue weighted by molar-refractivity contribution is -0.122. The third kappa shape index (κ3) is 6.73. The first-order chi connectivity index (χ1) is 21.8. The van der Waals surface area contributed by atoms with E-state index in [9.17, 15) is 9.18 Å². The Morgan fingerprint density at radius 3 is 2.56 bits per heavy atom. The molecule has 4 heterocycles. The first-order valence-electron chi connectivity index (χ1n) is 14.2. The van der Waals surface area contributed by atoms with Gasteiger partial charge in [0.1, 0.15) is 0 Å². The van der Waals surface area contributed by atoms with Crippen LogP contribution in [0.25, 0.3) is 16.9 Å². The average molecular weight is 616 g/mol. The molecule has 0 saturated carbocycles. The third-order valence-corrected chi connectivity index (χ3v) is 7.56. The summed E-state index contributed by atoms with van der Waals surface area (Å²) in [6, 6.07) is 13.2. The first-order valence-corrected chi connectivity index (χ1v) is 14.2. The molecular formula is C32H31F2N7O4. The van der Waals surface area contributed by atoms with Crippen molar-refractivity contribution in [1.29, 1.82) is 0 Å². The second kappa shape index (κ2) is 13.9. The number of piperidine rings is 1. The van der Waals surface area contributed by atoms with Crippen LogP contribution in [0.2, 0.25) is 0 Å². The summed E-state index contributed by atoms with van der Waals surface area (Å²) in [5.74, 6) is -1.42. The Bertz CT molecular complexity index is 1810. The summed E-state index contributed by atoms with van der Waals surface area (Å²) in [4.78, 5) is 36.2. The van der Waals surface area contributed by atoms with Crippen molar-refractivity contribution in [1.82, 2.24) is 24.3 Å². The molecule has 1 fully saturated rings. The minimum Gasteiger partial charge on any atom is -0.483 e. The molecule has 0 spiro atoms. The van der Waals surface area contributed by atoms with Gasteiger partial charge in [-0.25, -0.2) is 19.3 Å². The van der Waals surface area contributed by atoms with Gasteiger partial charge in [-0.1, -0.05) is 6.07 Å². The molecular weight excluding hydrogens is 584 g/mol. The van der Waals surface area contributed by atoms with Gasteiger partial charge in [-0.15, -0.1) is 0 Å². The van der Waals surface area contributed by atoms with Crippen molar-refractivity contribution in [3.63, 3.8) is 0 Å². The summed E-state index contributed by atoms with van der Waals surface area (Å²) in [5.41, 5.74) is 8.74. The number of carbonyl (C=O) groups is 2. The molecule has 1 amide bonds. The largest absolute Gasteiger partial charge is 0.483 e. The number of carbonyl (C=O) groups excluding carboxylic acids is 1. The number of fused-ring (bicyclic) bond motifs is 1. The van der Waals surface area contributed by atoms with Crippen molar-refractivity contribution in [2.75, 3.05) is 25.0 Å². The van der Waals surface area contributed by atoms with Gasteiger partial charge in [0.2, 0.25) is 11.7 Å². The van der Waals surface area contributed by atoms with Gasteiger partial charge in [0.25, 0.3) is 12.4 Å². The number of benzene rings is 2. The zero-order valence-electron chi connectivity index (χ0n) is 24.4. The maximum atomic E-state index is 15.2. The zero-order chi connectivity index (χ0) is 31.9. The smallest absolute Gasteiger partial charge is 0.290 e. The van der Waals surface area contributed by atoms with E-state index in [1.165, 1.54) is 24.5 Å². The number of rotatable bonds is 7. The van der Waals surface area contributed by atoms with Gasteiger partial charge in [-0.05, 0) is 74.2 Å². The summed E-state index contributed by atoms with van der Waals surface area (Å²) >= 11 is 0. The number of ether oxygens (including phenoxy) is 1. The standard InChI is InChI=1S/C31H29F2N7O2.CH2O2/c1-19-16-21(5-6-22(19)31(41)39-13-9-20(17-34)10-14-39)38-29-30-37-18-24(40(30)15-12-36-29)23-7-8-25(28(33)27(23)32)42-26-4-2-3-11-35-26;2-1-3/h2-8,11-12,15-16,18,20H,9-10,13-14,17,34H2,1H3,(H,36,38);1H,(H,2,3). The van der Waals surface area contributed by atoms with Crippen LogP contribution in [0, 0.1) is 24.5 Å². The number of nitrogens with zero attached hydrogens (tertiary/aromatic N) is 5. The molecule has 5 aromatic rings. The van der Waals surface area contributed by atoms with Gasteiger partial charge in [-0.2, -0.15) is 4.39 Å². The number of pyridine rings is 1. The highest BCUT2D eigenvalue weighted by molar-refractivity contribution is 5.96. The summed E-state index contributed by atoms with van der Waals surface area (Å²) in [7, 11) is 0. The van der Waals surface area contributed by atoms with Crippen molar-refractivity contribution < 1.29 is 28.2 Å². The number of amides is 1. The molecule has 4 N–H and O–H groups in total. The number of likely N-dealkylation sites (tertiary alicyclic amines) is 1. The lowest BCUT2D eigenvalue weighted by atomic mass is 9.96. The van der Waals surface area contributed by atoms with Gasteiger partial charge < -0.3 is 25.8 Å². The molecule has 0 atom stereocenters. The van der Waals surface area contributed by atoms with E-state index in [1.54, 1.807) is 41.1 Å². The molecule has 13 heteroatoms. The molecule has 2 aromatic carbocycles. The number of anilines is 2. The molecule has 0 radical (unpaired) electrons. The minimum absolute atomic E-state index is 0.0124. The van der Waals surface area contributed by atoms with Crippen LogP contribution in [0.5, 0.6) is 11.6 Å². The van der Waals surface area contributed by atoms with Crippen LogP contribution in [0.4, 0.5) is 20.3 Å². The van der Waals surface area contributed by atoms with Gasteiger partial charge >= 0.3 is 0 Å². The van der Waals surface area contributed by atoms with Crippen LogP contribution in [-0.2, 0) is 4.79 Å². The molecule has 1 saturated heterocycles. The molecule has 232 valence electrons. The number of hydrogen-bond acceptors (Lipinski definition) is 8. The van der Waals surface area contributed by atoms with Crippen LogP contribution >= 0.6 is 0 Å². The number of halogens is 2. The Morgan fingerprint density at radius 1 is 1.09 bits per heavy atom. The zero-order valence-corrected chi connectivity index (χ0v) is 24.4. The van der Waals surface area contributed by atoms with E-state index in [4.69, 9.17) is 20.4 Å². The van der Waals surface area contributed by atoms with Crippen molar-refractivity contribution in [3.05, 3.63) is 96.1 Å². The Morgan fingerprint density at radius 2 is 1.87 bits per heavy atom. The van der Waals surface area contributed by atoms with Crippen molar-refractivity contribution in [2.45, 2.75) is 19.8 Å². The number of carboxylic acid groups (broad SMARTS) is 1. The number of aromatic nitrogens is 4. The van der Waals surface area contributed by atoms with E-state index in [0.717, 1.165) is 18.4 Å². The molecule has 6 rings (SSSR count). The Labute approximate surface area is 257 Å². The van der Waals surface area contributed by atoms with E-state index >= 15 is 4.39 Å². The topological polar surface area (TPSA) is 148 Å². The van der Waals surface area contributed by atoms with Gasteiger partial charge in [0.15, 0.2) is 23.0 Å². The fourth-order valence-electron chi connectivity index (χ4n) is 5.20. The SMILES string of the molecule is Cc1cc(Nc2nccn3c(-c4ccc(Oc5ccccn5)c(F)c4F)cnc23)ccc1C(=O)N1CCC(CN)CC1.O=CO. The highest BCUT2D eigenvalue weighted by Crippen LogP contribution is 2.33. The van der Waals surface area contributed by atoms with E-state index < -0.39 is 11.6 Å². The van der Waals surface area contributed by atoms with Crippen LogP contribution in [0.1, 0.15) is 28.8 Å². The van der Waals surface area contributed by atoms with E-state index in [1.807, 2.05) is 24.0 Å². The maximum absolute atomic E-state index is 15.2. The monoisotopic (exact) mass is 615 g/mol. The molecule has 45 heavy (non-hydrogen) atoms. The van der Waals surface area contributed by atoms with Gasteiger partial charge in [0.05, 0.1) is 11.9 Å².